The topological polar surface area (TPSA) is 29.5 Å². The van der Waals surface area contributed by atoms with E-state index in [0.29, 0.717) is 0 Å². The highest BCUT2D eigenvalue weighted by Crippen LogP contribution is 1.94. The lowest BCUT2D eigenvalue weighted by molar-refractivity contribution is -0.117. The quantitative estimate of drug-likeness (QED) is 0.460. The standard InChI is InChI=1S/C10H21NO2.C4H10/c1-3-4-5-8-13-9-6-7-11(2)10-12;1-4(2)3/h10H,3-9H2,1-2H3;4H,1-3H3. The molecule has 17 heavy (non-hydrogen) atoms. The summed E-state index contributed by atoms with van der Waals surface area (Å²) in [6, 6.07) is 0. The number of carbonyl (C=O) groups is 1. The van der Waals surface area contributed by atoms with E-state index in [4.69, 9.17) is 4.74 Å². The van der Waals surface area contributed by atoms with Crippen LogP contribution in [0.2, 0.25) is 0 Å². The third kappa shape index (κ3) is 25.6. The van der Waals surface area contributed by atoms with Gasteiger partial charge in [-0.1, -0.05) is 40.5 Å². The average molecular weight is 245 g/mol. The third-order valence-electron chi connectivity index (χ3n) is 1.87. The maximum absolute atomic E-state index is 10.2. The molecule has 3 heteroatoms. The van der Waals surface area contributed by atoms with Gasteiger partial charge in [-0.25, -0.2) is 0 Å². The molecule has 0 unspecified atom stereocenters. The van der Waals surface area contributed by atoms with Crippen molar-refractivity contribution in [3.8, 4) is 0 Å². The first kappa shape index (κ1) is 18.8. The van der Waals surface area contributed by atoms with Crippen LogP contribution in [0.15, 0.2) is 0 Å². The first-order valence-corrected chi connectivity index (χ1v) is 6.77. The van der Waals surface area contributed by atoms with Gasteiger partial charge in [-0.2, -0.15) is 0 Å². The Hall–Kier alpha value is -0.570. The van der Waals surface area contributed by atoms with Crippen LogP contribution in [0.5, 0.6) is 0 Å². The zero-order chi connectivity index (χ0) is 13.5. The Morgan fingerprint density at radius 3 is 2.12 bits per heavy atom. The molecular weight excluding hydrogens is 214 g/mol. The maximum atomic E-state index is 10.2. The van der Waals surface area contributed by atoms with Crippen LogP contribution in [0.3, 0.4) is 0 Å². The number of nitrogens with zero attached hydrogens (tertiary/aromatic N) is 1. The molecule has 0 radical (unpaired) electrons. The highest BCUT2D eigenvalue weighted by atomic mass is 16.5. The predicted molar refractivity (Wildman–Crippen MR) is 74.2 cm³/mol. The molecule has 0 fully saturated rings. The van der Waals surface area contributed by atoms with Crippen molar-refractivity contribution in [1.82, 2.24) is 4.90 Å². The first-order chi connectivity index (χ1) is 8.04. The lowest BCUT2D eigenvalue weighted by atomic mass is 10.3. The van der Waals surface area contributed by atoms with Gasteiger partial charge in [0, 0.05) is 26.8 Å². The lowest BCUT2D eigenvalue weighted by Crippen LogP contribution is -2.18. The lowest BCUT2D eigenvalue weighted by Gasteiger charge is -2.09. The molecule has 0 saturated heterocycles. The SMILES string of the molecule is CC(C)C.CCCCCOCCCN(C)C=O. The van der Waals surface area contributed by atoms with E-state index in [1.54, 1.807) is 11.9 Å². The first-order valence-electron chi connectivity index (χ1n) is 6.77. The van der Waals surface area contributed by atoms with Crippen LogP contribution >= 0.6 is 0 Å². The van der Waals surface area contributed by atoms with Crippen LogP contribution in [-0.4, -0.2) is 38.1 Å². The van der Waals surface area contributed by atoms with Crippen LogP contribution in [-0.2, 0) is 9.53 Å². The Kier molecular flexibility index (Phi) is 17.1. The fourth-order valence-electron chi connectivity index (χ4n) is 1.02. The minimum absolute atomic E-state index is 0.766. The van der Waals surface area contributed by atoms with Crippen LogP contribution in [0, 0.1) is 5.92 Å². The normalized spacial score (nSPS) is 9.76. The summed E-state index contributed by atoms with van der Waals surface area (Å²) >= 11 is 0. The number of ether oxygens (including phenoxy) is 1. The maximum Gasteiger partial charge on any atom is 0.209 e. The van der Waals surface area contributed by atoms with Crippen molar-refractivity contribution < 1.29 is 9.53 Å². The van der Waals surface area contributed by atoms with Crippen molar-refractivity contribution in [2.24, 2.45) is 5.92 Å². The highest BCUT2D eigenvalue weighted by molar-refractivity contribution is 5.46. The van der Waals surface area contributed by atoms with Crippen LogP contribution < -0.4 is 0 Å². The average Bonchev–Trinajstić information content (AvgIpc) is 2.26. The fraction of sp³-hybridized carbons (Fsp3) is 0.929. The monoisotopic (exact) mass is 245 g/mol. The summed E-state index contributed by atoms with van der Waals surface area (Å²) in [4.78, 5) is 11.8. The molecular formula is C14H31NO2. The van der Waals surface area contributed by atoms with Crippen LogP contribution in [0.25, 0.3) is 0 Å². The van der Waals surface area contributed by atoms with E-state index >= 15 is 0 Å². The molecule has 0 saturated carbocycles. The second-order valence-electron chi connectivity index (χ2n) is 4.99. The third-order valence-corrected chi connectivity index (χ3v) is 1.87. The summed E-state index contributed by atoms with van der Waals surface area (Å²) in [5.74, 6) is 0.833. The van der Waals surface area contributed by atoms with Crippen molar-refractivity contribution in [1.29, 1.82) is 0 Å². The van der Waals surface area contributed by atoms with Crippen molar-refractivity contribution in [3.05, 3.63) is 0 Å². The minimum atomic E-state index is 0.766. The zero-order valence-electron chi connectivity index (χ0n) is 12.4. The van der Waals surface area contributed by atoms with E-state index in [0.717, 1.165) is 44.9 Å². The Bertz CT molecular complexity index is 146. The zero-order valence-corrected chi connectivity index (χ0v) is 12.4. The van der Waals surface area contributed by atoms with E-state index in [1.165, 1.54) is 12.8 Å². The van der Waals surface area contributed by atoms with Gasteiger partial charge in [0.15, 0.2) is 0 Å². The molecule has 0 atom stereocenters. The summed E-state index contributed by atoms with van der Waals surface area (Å²) < 4.78 is 5.39. The Morgan fingerprint density at radius 2 is 1.65 bits per heavy atom. The molecule has 0 bridgehead atoms. The number of rotatable bonds is 9. The molecule has 0 heterocycles. The molecule has 3 nitrogen and oxygen atoms in total. The highest BCUT2D eigenvalue weighted by Gasteiger charge is 1.93. The van der Waals surface area contributed by atoms with Gasteiger partial charge in [-0.3, -0.25) is 4.79 Å². The summed E-state index contributed by atoms with van der Waals surface area (Å²) in [5.41, 5.74) is 0. The van der Waals surface area contributed by atoms with Gasteiger partial charge in [0.05, 0.1) is 0 Å². The van der Waals surface area contributed by atoms with Crippen LogP contribution in [0.1, 0.15) is 53.4 Å². The minimum Gasteiger partial charge on any atom is -0.381 e. The van der Waals surface area contributed by atoms with Crippen molar-refractivity contribution in [3.63, 3.8) is 0 Å². The van der Waals surface area contributed by atoms with E-state index in [9.17, 15) is 4.79 Å². The molecule has 0 N–H and O–H groups in total. The van der Waals surface area contributed by atoms with Gasteiger partial charge in [0.1, 0.15) is 0 Å². The Morgan fingerprint density at radius 1 is 1.12 bits per heavy atom. The molecule has 0 spiro atoms. The van der Waals surface area contributed by atoms with Gasteiger partial charge in [-0.05, 0) is 18.8 Å². The number of hydrogen-bond acceptors (Lipinski definition) is 2. The molecule has 0 rings (SSSR count). The van der Waals surface area contributed by atoms with E-state index in [2.05, 4.69) is 27.7 Å². The van der Waals surface area contributed by atoms with Crippen LogP contribution in [0.4, 0.5) is 0 Å². The largest absolute Gasteiger partial charge is 0.381 e. The molecule has 1 amide bonds. The van der Waals surface area contributed by atoms with Crippen molar-refractivity contribution >= 4 is 6.41 Å². The van der Waals surface area contributed by atoms with Gasteiger partial charge in [-0.15, -0.1) is 0 Å². The summed E-state index contributed by atoms with van der Waals surface area (Å²) in [6.07, 6.45) is 5.41. The van der Waals surface area contributed by atoms with Gasteiger partial charge in [0.2, 0.25) is 6.41 Å². The molecule has 0 aromatic carbocycles. The van der Waals surface area contributed by atoms with Gasteiger partial charge >= 0.3 is 0 Å². The molecule has 0 aromatic heterocycles. The van der Waals surface area contributed by atoms with E-state index in [-0.39, 0.29) is 0 Å². The van der Waals surface area contributed by atoms with E-state index < -0.39 is 0 Å². The molecule has 0 aromatic rings. The number of hydrogen-bond donors (Lipinski definition) is 0. The molecule has 104 valence electrons. The molecule has 0 aliphatic rings. The molecule has 0 aliphatic heterocycles. The number of carbonyl (C=O) groups excluding carboxylic acids is 1. The smallest absolute Gasteiger partial charge is 0.209 e. The van der Waals surface area contributed by atoms with Crippen molar-refractivity contribution in [2.75, 3.05) is 26.8 Å². The molecule has 0 aliphatic carbocycles. The summed E-state index contributed by atoms with van der Waals surface area (Å²) in [6.45, 7) is 11.1. The number of unbranched alkanes of at least 4 members (excludes halogenated alkanes) is 2. The van der Waals surface area contributed by atoms with Crippen molar-refractivity contribution in [2.45, 2.75) is 53.4 Å². The Labute approximate surface area is 108 Å². The predicted octanol–water partition coefficient (Wildman–Crippen LogP) is 3.33. The summed E-state index contributed by atoms with van der Waals surface area (Å²) in [5, 5.41) is 0. The Balaban J connectivity index is 0. The fourth-order valence-corrected chi connectivity index (χ4v) is 1.02. The van der Waals surface area contributed by atoms with E-state index in [1.807, 2.05) is 0 Å². The van der Waals surface area contributed by atoms with Gasteiger partial charge in [0.25, 0.3) is 0 Å². The van der Waals surface area contributed by atoms with Gasteiger partial charge < -0.3 is 9.64 Å². The summed E-state index contributed by atoms with van der Waals surface area (Å²) in [7, 11) is 1.78. The second kappa shape index (κ2) is 15.4. The number of amides is 1. The second-order valence-corrected chi connectivity index (χ2v) is 4.99.